The molecule has 0 aliphatic heterocycles. The Labute approximate surface area is 49.1 Å². The summed E-state index contributed by atoms with van der Waals surface area (Å²) >= 11 is 0. The summed E-state index contributed by atoms with van der Waals surface area (Å²) in [5.41, 5.74) is 4.99. The maximum Gasteiger partial charge on any atom is 0.436 e. The van der Waals surface area contributed by atoms with Crippen LogP contribution in [0.5, 0.6) is 0 Å². The molecule has 0 saturated carbocycles. The molecule has 1 rings (SSSR count). The van der Waals surface area contributed by atoms with Crippen molar-refractivity contribution in [2.24, 2.45) is 0 Å². The van der Waals surface area contributed by atoms with E-state index in [1.165, 1.54) is 0 Å². The summed E-state index contributed by atoms with van der Waals surface area (Å²) in [6.45, 7) is 0. The quantitative estimate of drug-likeness (QED) is 0.425. The summed E-state index contributed by atoms with van der Waals surface area (Å²) in [6, 6.07) is 0. The van der Waals surface area contributed by atoms with Crippen LogP contribution in [0.3, 0.4) is 0 Å². The minimum atomic E-state index is -1.29. The highest BCUT2D eigenvalue weighted by atomic mass is 16.4. The van der Waals surface area contributed by atoms with E-state index in [9.17, 15) is 4.79 Å². The van der Waals surface area contributed by atoms with Crippen LogP contribution >= 0.6 is 0 Å². The molecule has 1 heterocycles. The van der Waals surface area contributed by atoms with E-state index in [2.05, 4.69) is 15.5 Å². The Morgan fingerprint density at radius 3 is 2.67 bits per heavy atom. The molecule has 0 unspecified atom stereocenters. The van der Waals surface area contributed by atoms with E-state index >= 15 is 0 Å². The second kappa shape index (κ2) is 1.69. The minimum absolute atomic E-state index is 0.234. The molecule has 1 aromatic heterocycles. The van der Waals surface area contributed by atoms with E-state index in [1.807, 2.05) is 0 Å². The summed E-state index contributed by atoms with van der Waals surface area (Å²) in [4.78, 5) is 10.0. The van der Waals surface area contributed by atoms with Gasteiger partial charge in [0.1, 0.15) is 0 Å². The second-order valence-electron chi connectivity index (χ2n) is 1.23. The zero-order valence-corrected chi connectivity index (χ0v) is 4.22. The van der Waals surface area contributed by atoms with Gasteiger partial charge in [0.25, 0.3) is 5.95 Å². The van der Waals surface area contributed by atoms with Gasteiger partial charge in [-0.3, -0.25) is 0 Å². The highest BCUT2D eigenvalue weighted by Gasteiger charge is 2.06. The van der Waals surface area contributed by atoms with Crippen LogP contribution in [0.2, 0.25) is 0 Å². The molecule has 0 fully saturated rings. The fraction of sp³-hybridized carbons (Fsp3) is 0. The molecule has 0 amide bonds. The molecule has 1 aromatic rings. The molecule has 0 radical (unpaired) electrons. The Morgan fingerprint density at radius 2 is 2.44 bits per heavy atom. The van der Waals surface area contributed by atoms with Gasteiger partial charge in [-0.05, 0) is 10.4 Å². The van der Waals surface area contributed by atoms with Crippen LogP contribution < -0.4 is 5.73 Å². The molecule has 0 bridgehead atoms. The number of anilines is 1. The first kappa shape index (κ1) is 5.48. The zero-order chi connectivity index (χ0) is 6.85. The van der Waals surface area contributed by atoms with Crippen molar-refractivity contribution in [3.63, 3.8) is 0 Å². The first-order valence-electron chi connectivity index (χ1n) is 1.99. The van der Waals surface area contributed by atoms with Gasteiger partial charge in [-0.25, -0.2) is 4.79 Å². The third-order valence-corrected chi connectivity index (χ3v) is 0.675. The summed E-state index contributed by atoms with van der Waals surface area (Å²) < 4.78 is 0.472. The summed E-state index contributed by atoms with van der Waals surface area (Å²) in [7, 11) is 0. The van der Waals surface area contributed by atoms with Crippen molar-refractivity contribution in [1.82, 2.24) is 20.2 Å². The Balaban J connectivity index is 3.08. The summed E-state index contributed by atoms with van der Waals surface area (Å²) in [5.74, 6) is -0.234. The van der Waals surface area contributed by atoms with E-state index in [0.717, 1.165) is 0 Å². The lowest BCUT2D eigenvalue weighted by molar-refractivity contribution is 0.192. The highest BCUT2D eigenvalue weighted by Crippen LogP contribution is 1.88. The third kappa shape index (κ3) is 0.784. The molecule has 0 saturated heterocycles. The number of aromatic nitrogens is 4. The van der Waals surface area contributed by atoms with Crippen molar-refractivity contribution in [1.29, 1.82) is 0 Å². The Hall–Kier alpha value is -1.66. The van der Waals surface area contributed by atoms with Crippen molar-refractivity contribution in [3.05, 3.63) is 0 Å². The van der Waals surface area contributed by atoms with Crippen molar-refractivity contribution in [2.45, 2.75) is 0 Å². The predicted molar refractivity (Wildman–Crippen MR) is 25.7 cm³/mol. The number of nitrogens with zero attached hydrogens (tertiary/aromatic N) is 4. The first-order chi connectivity index (χ1) is 4.22. The van der Waals surface area contributed by atoms with Gasteiger partial charge >= 0.3 is 6.09 Å². The molecule has 7 nitrogen and oxygen atoms in total. The Bertz CT molecular complexity index is 229. The molecular formula is C2H3N5O2. The maximum atomic E-state index is 10.0. The Morgan fingerprint density at radius 1 is 1.78 bits per heavy atom. The molecule has 48 valence electrons. The van der Waals surface area contributed by atoms with Crippen LogP contribution in [0.1, 0.15) is 0 Å². The normalized spacial score (nSPS) is 9.33. The van der Waals surface area contributed by atoms with E-state index in [1.54, 1.807) is 0 Å². The van der Waals surface area contributed by atoms with Gasteiger partial charge in [0.2, 0.25) is 0 Å². The molecule has 0 aliphatic carbocycles. The van der Waals surface area contributed by atoms with Gasteiger partial charge in [0.15, 0.2) is 0 Å². The van der Waals surface area contributed by atoms with E-state index in [0.29, 0.717) is 4.68 Å². The van der Waals surface area contributed by atoms with Crippen molar-refractivity contribution in [2.75, 3.05) is 5.73 Å². The fourth-order valence-electron chi connectivity index (χ4n) is 0.330. The van der Waals surface area contributed by atoms with E-state index < -0.39 is 6.09 Å². The highest BCUT2D eigenvalue weighted by molar-refractivity contribution is 5.69. The van der Waals surface area contributed by atoms with Gasteiger partial charge in [-0.2, -0.15) is 0 Å². The van der Waals surface area contributed by atoms with Crippen LogP contribution in [0.15, 0.2) is 0 Å². The minimum Gasteiger partial charge on any atom is -0.463 e. The van der Waals surface area contributed by atoms with Gasteiger partial charge in [-0.1, -0.05) is 5.10 Å². The SMILES string of the molecule is Nc1nnnn1C(=O)O. The lowest BCUT2D eigenvalue weighted by Crippen LogP contribution is -2.12. The molecule has 7 heteroatoms. The van der Waals surface area contributed by atoms with Gasteiger partial charge in [-0.15, -0.1) is 4.68 Å². The second-order valence-corrected chi connectivity index (χ2v) is 1.23. The third-order valence-electron chi connectivity index (χ3n) is 0.675. The number of hydrogen-bond donors (Lipinski definition) is 2. The van der Waals surface area contributed by atoms with Crippen LogP contribution in [-0.2, 0) is 0 Å². The molecule has 9 heavy (non-hydrogen) atoms. The average Bonchev–Trinajstić information content (AvgIpc) is 2.13. The molecule has 0 aliphatic rings. The molecule has 0 spiro atoms. The van der Waals surface area contributed by atoms with E-state index in [4.69, 9.17) is 10.8 Å². The first-order valence-corrected chi connectivity index (χ1v) is 1.99. The summed E-state index contributed by atoms with van der Waals surface area (Å²) in [5, 5.41) is 17.4. The lowest BCUT2D eigenvalue weighted by atomic mass is 11.0. The number of carboxylic acid groups (broad SMARTS) is 1. The maximum absolute atomic E-state index is 10.0. The fourth-order valence-corrected chi connectivity index (χ4v) is 0.330. The van der Waals surface area contributed by atoms with E-state index in [-0.39, 0.29) is 5.95 Å². The molecule has 0 aromatic carbocycles. The van der Waals surface area contributed by atoms with Crippen molar-refractivity contribution >= 4 is 12.0 Å². The number of tetrazole rings is 1. The average molecular weight is 129 g/mol. The number of nitrogen functional groups attached to an aromatic ring is 1. The predicted octanol–water partition coefficient (Wildman–Crippen LogP) is -1.22. The van der Waals surface area contributed by atoms with Crippen LogP contribution in [-0.4, -0.2) is 31.4 Å². The summed E-state index contributed by atoms with van der Waals surface area (Å²) in [6.07, 6.45) is -1.29. The lowest BCUT2D eigenvalue weighted by Gasteiger charge is -1.87. The zero-order valence-electron chi connectivity index (χ0n) is 4.22. The number of nitrogens with two attached hydrogens (primary N) is 1. The van der Waals surface area contributed by atoms with Gasteiger partial charge < -0.3 is 10.8 Å². The number of hydrogen-bond acceptors (Lipinski definition) is 5. The van der Waals surface area contributed by atoms with Crippen molar-refractivity contribution < 1.29 is 9.90 Å². The van der Waals surface area contributed by atoms with Crippen molar-refractivity contribution in [3.8, 4) is 0 Å². The monoisotopic (exact) mass is 129 g/mol. The van der Waals surface area contributed by atoms with Crippen LogP contribution in [0.4, 0.5) is 10.7 Å². The molecular weight excluding hydrogens is 126 g/mol. The Kier molecular flexibility index (Phi) is 1.03. The standard InChI is InChI=1S/C2H3N5O2/c3-1-4-5-6-7(1)2(8)9/h(H,8,9)(H2,3,4,6). The van der Waals surface area contributed by atoms with Gasteiger partial charge in [0, 0.05) is 0 Å². The largest absolute Gasteiger partial charge is 0.463 e. The number of rotatable bonds is 0. The van der Waals surface area contributed by atoms with Crippen LogP contribution in [0.25, 0.3) is 0 Å². The van der Waals surface area contributed by atoms with Crippen LogP contribution in [0, 0.1) is 0 Å². The molecule has 3 N–H and O–H groups in total. The smallest absolute Gasteiger partial charge is 0.436 e. The topological polar surface area (TPSA) is 107 Å². The number of carbonyl (C=O) groups is 1. The van der Waals surface area contributed by atoms with Gasteiger partial charge in [0.05, 0.1) is 0 Å². The molecule has 0 atom stereocenters.